The highest BCUT2D eigenvalue weighted by Crippen LogP contribution is 2.28. The van der Waals surface area contributed by atoms with Crippen LogP contribution < -0.4 is 10.6 Å². The van der Waals surface area contributed by atoms with Gasteiger partial charge in [0.15, 0.2) is 5.82 Å². The van der Waals surface area contributed by atoms with E-state index in [-0.39, 0.29) is 17.7 Å². The quantitative estimate of drug-likeness (QED) is 0.600. The number of hydrogen-bond donors (Lipinski definition) is 3. The summed E-state index contributed by atoms with van der Waals surface area (Å²) >= 11 is 0. The Morgan fingerprint density at radius 2 is 2.00 bits per heavy atom. The van der Waals surface area contributed by atoms with Crippen LogP contribution in [0, 0.1) is 13.8 Å². The van der Waals surface area contributed by atoms with Crippen molar-refractivity contribution in [2.45, 2.75) is 27.3 Å². The fourth-order valence-corrected chi connectivity index (χ4v) is 3.52. The maximum absolute atomic E-state index is 12.9. The van der Waals surface area contributed by atoms with Crippen molar-refractivity contribution in [2.75, 3.05) is 17.2 Å². The zero-order valence-electron chi connectivity index (χ0n) is 16.8. The zero-order valence-corrected chi connectivity index (χ0v) is 16.8. The van der Waals surface area contributed by atoms with Gasteiger partial charge < -0.3 is 25.0 Å². The molecule has 3 aromatic rings. The summed E-state index contributed by atoms with van der Waals surface area (Å²) in [6.07, 6.45) is 1.36. The molecule has 0 radical (unpaired) electrons. The molecule has 3 heterocycles. The summed E-state index contributed by atoms with van der Waals surface area (Å²) in [7, 11) is 0. The van der Waals surface area contributed by atoms with Crippen molar-refractivity contribution in [1.29, 1.82) is 0 Å². The molecule has 1 aliphatic rings. The normalized spacial score (nSPS) is 12.8. The van der Waals surface area contributed by atoms with Crippen molar-refractivity contribution >= 4 is 29.2 Å². The number of nitrogens with zero attached hydrogens (tertiary/aromatic N) is 2. The number of benzene rings is 1. The van der Waals surface area contributed by atoms with Crippen LogP contribution in [0.5, 0.6) is 0 Å². The molecule has 9 heteroatoms. The monoisotopic (exact) mass is 407 g/mol. The van der Waals surface area contributed by atoms with Crippen LogP contribution in [0.15, 0.2) is 35.1 Å². The molecule has 0 saturated carbocycles. The predicted octanol–water partition coefficient (Wildman–Crippen LogP) is 3.10. The van der Waals surface area contributed by atoms with Crippen molar-refractivity contribution in [3.63, 3.8) is 0 Å². The summed E-state index contributed by atoms with van der Waals surface area (Å²) in [5.41, 5.74) is 3.96. The second-order valence-corrected chi connectivity index (χ2v) is 7.12. The third kappa shape index (κ3) is 3.34. The second kappa shape index (κ2) is 7.51. The molecule has 1 aromatic carbocycles. The van der Waals surface area contributed by atoms with Crippen molar-refractivity contribution in [2.24, 2.45) is 0 Å². The lowest BCUT2D eigenvalue weighted by Gasteiger charge is -2.13. The molecule has 0 fully saturated rings. The van der Waals surface area contributed by atoms with Gasteiger partial charge in [-0.3, -0.25) is 14.4 Å². The number of rotatable bonds is 5. The molecule has 154 valence electrons. The first kappa shape index (κ1) is 19.4. The van der Waals surface area contributed by atoms with Gasteiger partial charge >= 0.3 is 0 Å². The van der Waals surface area contributed by atoms with Gasteiger partial charge in [0.1, 0.15) is 12.0 Å². The molecule has 0 saturated heterocycles. The second-order valence-electron chi connectivity index (χ2n) is 7.12. The van der Waals surface area contributed by atoms with Gasteiger partial charge in [0.05, 0.1) is 12.1 Å². The van der Waals surface area contributed by atoms with Crippen LogP contribution in [0.4, 0.5) is 11.5 Å². The molecular weight excluding hydrogens is 386 g/mol. The van der Waals surface area contributed by atoms with Gasteiger partial charge in [0, 0.05) is 29.6 Å². The van der Waals surface area contributed by atoms with Crippen LogP contribution in [0.2, 0.25) is 0 Å². The molecule has 1 aliphatic heterocycles. The van der Waals surface area contributed by atoms with E-state index in [2.05, 4.69) is 20.8 Å². The smallest absolute Gasteiger partial charge is 0.272 e. The van der Waals surface area contributed by atoms with E-state index in [4.69, 9.17) is 4.52 Å². The van der Waals surface area contributed by atoms with Gasteiger partial charge in [-0.1, -0.05) is 11.2 Å². The Morgan fingerprint density at radius 1 is 1.20 bits per heavy atom. The lowest BCUT2D eigenvalue weighted by molar-refractivity contribution is 0.0785. The standard InChI is InChI=1S/C21H21N5O4/c1-4-26-10-15-17(21(26)29)12(3)18(22-15)20(28)23-14-9-13(6-5-11(14)2)19(27)24-16-7-8-30-25-16/h5-9,22H,4,10H2,1-3H3,(H,23,28)(H,24,25,27). The maximum atomic E-state index is 12.9. The number of aromatic amines is 1. The molecule has 0 unspecified atom stereocenters. The lowest BCUT2D eigenvalue weighted by atomic mass is 10.1. The van der Waals surface area contributed by atoms with Crippen LogP contribution in [0.1, 0.15) is 54.9 Å². The highest BCUT2D eigenvalue weighted by molar-refractivity contribution is 6.10. The number of aryl methyl sites for hydroxylation is 1. The van der Waals surface area contributed by atoms with Gasteiger partial charge in [-0.25, -0.2) is 0 Å². The molecular formula is C21H21N5O4. The number of carbonyl (C=O) groups is 3. The SMILES string of the molecule is CCN1Cc2[nH]c(C(=O)Nc3cc(C(=O)Nc4ccon4)ccc3C)c(C)c2C1=O. The first-order valence-corrected chi connectivity index (χ1v) is 9.53. The largest absolute Gasteiger partial charge is 0.363 e. The Bertz CT molecular complexity index is 1150. The number of carbonyl (C=O) groups excluding carboxylic acids is 3. The van der Waals surface area contributed by atoms with Crippen molar-refractivity contribution in [3.8, 4) is 0 Å². The van der Waals surface area contributed by atoms with Gasteiger partial charge in [-0.2, -0.15) is 0 Å². The molecule has 0 atom stereocenters. The van der Waals surface area contributed by atoms with E-state index in [1.807, 2.05) is 13.8 Å². The molecule has 30 heavy (non-hydrogen) atoms. The molecule has 0 aliphatic carbocycles. The Labute approximate surface area is 172 Å². The van der Waals surface area contributed by atoms with E-state index in [0.29, 0.717) is 47.0 Å². The topological polar surface area (TPSA) is 120 Å². The minimum atomic E-state index is -0.375. The fraction of sp³-hybridized carbons (Fsp3) is 0.238. The van der Waals surface area contributed by atoms with Gasteiger partial charge in [0.25, 0.3) is 17.7 Å². The first-order valence-electron chi connectivity index (χ1n) is 9.53. The van der Waals surface area contributed by atoms with Crippen LogP contribution in [-0.2, 0) is 6.54 Å². The maximum Gasteiger partial charge on any atom is 0.272 e. The van der Waals surface area contributed by atoms with Crippen LogP contribution in [-0.4, -0.2) is 39.3 Å². The summed E-state index contributed by atoms with van der Waals surface area (Å²) in [6.45, 7) is 6.59. The lowest BCUT2D eigenvalue weighted by Crippen LogP contribution is -2.24. The average molecular weight is 407 g/mol. The molecule has 0 spiro atoms. The van der Waals surface area contributed by atoms with Crippen LogP contribution in [0.25, 0.3) is 0 Å². The summed E-state index contributed by atoms with van der Waals surface area (Å²) in [5, 5.41) is 9.11. The van der Waals surface area contributed by atoms with E-state index in [1.165, 1.54) is 12.3 Å². The number of H-pyrrole nitrogens is 1. The average Bonchev–Trinajstić information content (AvgIpc) is 3.42. The van der Waals surface area contributed by atoms with Gasteiger partial charge in [-0.15, -0.1) is 0 Å². The number of fused-ring (bicyclic) bond motifs is 1. The Hall–Kier alpha value is -3.88. The minimum Gasteiger partial charge on any atom is -0.363 e. The molecule has 3 N–H and O–H groups in total. The Morgan fingerprint density at radius 3 is 2.67 bits per heavy atom. The van der Waals surface area contributed by atoms with E-state index in [9.17, 15) is 14.4 Å². The number of amides is 3. The predicted molar refractivity (Wildman–Crippen MR) is 110 cm³/mol. The van der Waals surface area contributed by atoms with E-state index in [0.717, 1.165) is 11.3 Å². The van der Waals surface area contributed by atoms with Crippen molar-refractivity contribution in [3.05, 3.63) is 64.2 Å². The number of nitrogens with one attached hydrogen (secondary N) is 3. The van der Waals surface area contributed by atoms with Crippen LogP contribution in [0.3, 0.4) is 0 Å². The van der Waals surface area contributed by atoms with Gasteiger partial charge in [0.2, 0.25) is 0 Å². The van der Waals surface area contributed by atoms with E-state index < -0.39 is 0 Å². The fourth-order valence-electron chi connectivity index (χ4n) is 3.52. The summed E-state index contributed by atoms with van der Waals surface area (Å²) in [5.74, 6) is -0.508. The van der Waals surface area contributed by atoms with E-state index >= 15 is 0 Å². The number of anilines is 2. The van der Waals surface area contributed by atoms with Crippen LogP contribution >= 0.6 is 0 Å². The summed E-state index contributed by atoms with van der Waals surface area (Å²) in [6, 6.07) is 6.53. The van der Waals surface area contributed by atoms with Gasteiger partial charge in [-0.05, 0) is 44.0 Å². The summed E-state index contributed by atoms with van der Waals surface area (Å²) < 4.78 is 4.70. The Balaban J connectivity index is 1.55. The van der Waals surface area contributed by atoms with Crippen molar-refractivity contribution < 1.29 is 18.9 Å². The minimum absolute atomic E-state index is 0.0667. The summed E-state index contributed by atoms with van der Waals surface area (Å²) in [4.78, 5) is 42.6. The molecule has 0 bridgehead atoms. The van der Waals surface area contributed by atoms with E-state index in [1.54, 1.807) is 30.0 Å². The highest BCUT2D eigenvalue weighted by atomic mass is 16.5. The number of aromatic nitrogens is 2. The first-order chi connectivity index (χ1) is 14.4. The van der Waals surface area contributed by atoms with Crippen molar-refractivity contribution in [1.82, 2.24) is 15.0 Å². The third-order valence-electron chi connectivity index (χ3n) is 5.21. The number of hydrogen-bond acceptors (Lipinski definition) is 5. The molecule has 3 amide bonds. The molecule has 9 nitrogen and oxygen atoms in total. The highest BCUT2D eigenvalue weighted by Gasteiger charge is 2.33. The third-order valence-corrected chi connectivity index (χ3v) is 5.21. The Kier molecular flexibility index (Phi) is 4.86. The molecule has 2 aromatic heterocycles. The zero-order chi connectivity index (χ0) is 21.4. The molecule has 4 rings (SSSR count).